The minimum atomic E-state index is -0.0296. The van der Waals surface area contributed by atoms with Crippen molar-refractivity contribution in [3.8, 4) is 22.8 Å². The largest absolute Gasteiger partial charge is 0.486 e. The third-order valence-electron chi connectivity index (χ3n) is 3.94. The van der Waals surface area contributed by atoms with Crippen LogP contribution in [0.4, 0.5) is 0 Å². The third-order valence-corrected chi connectivity index (χ3v) is 5.17. The molecular weight excluding hydrogens is 368 g/mol. The summed E-state index contributed by atoms with van der Waals surface area (Å²) in [4.78, 5) is 9.21. The summed E-state index contributed by atoms with van der Waals surface area (Å²) in [5, 5.41) is 1.45. The van der Waals surface area contributed by atoms with Crippen LogP contribution in [0.15, 0.2) is 59.8 Å². The molecule has 0 aliphatic carbocycles. The molecule has 0 spiro atoms. The van der Waals surface area contributed by atoms with Gasteiger partial charge in [-0.15, -0.1) is 0 Å². The fraction of sp³-hybridized carbons (Fsp3) is 0.200. The van der Waals surface area contributed by atoms with Gasteiger partial charge in [0, 0.05) is 22.0 Å². The summed E-state index contributed by atoms with van der Waals surface area (Å²) < 4.78 is 11.8. The number of thioether (sulfide) groups is 1. The Kier molecular flexibility index (Phi) is 5.00. The Morgan fingerprint density at radius 3 is 2.65 bits per heavy atom. The van der Waals surface area contributed by atoms with Crippen molar-refractivity contribution in [2.75, 3.05) is 12.4 Å². The number of benzene rings is 2. The summed E-state index contributed by atoms with van der Waals surface area (Å²) >= 11 is 7.55. The van der Waals surface area contributed by atoms with E-state index in [9.17, 15) is 0 Å². The summed E-state index contributed by atoms with van der Waals surface area (Å²) in [6, 6.07) is 17.4. The van der Waals surface area contributed by atoms with E-state index < -0.39 is 0 Å². The quantitative estimate of drug-likeness (QED) is 0.466. The lowest BCUT2D eigenvalue weighted by Gasteiger charge is -2.25. The van der Waals surface area contributed by atoms with E-state index in [4.69, 9.17) is 21.1 Å². The van der Waals surface area contributed by atoms with Crippen molar-refractivity contribution in [2.45, 2.75) is 18.2 Å². The monoisotopic (exact) mass is 384 g/mol. The highest BCUT2D eigenvalue weighted by Crippen LogP contribution is 2.32. The molecule has 6 heteroatoms. The number of ether oxygens (including phenoxy) is 2. The van der Waals surface area contributed by atoms with Gasteiger partial charge in [0.2, 0.25) is 0 Å². The van der Waals surface area contributed by atoms with Gasteiger partial charge in [-0.3, -0.25) is 0 Å². The van der Waals surface area contributed by atoms with Crippen molar-refractivity contribution in [1.29, 1.82) is 0 Å². The van der Waals surface area contributed by atoms with Gasteiger partial charge in [-0.05, 0) is 37.3 Å². The number of nitrogens with zero attached hydrogens (tertiary/aromatic N) is 2. The first kappa shape index (κ1) is 17.2. The maximum atomic E-state index is 6.00. The first-order valence-electron chi connectivity index (χ1n) is 8.30. The van der Waals surface area contributed by atoms with Crippen LogP contribution in [0.5, 0.6) is 11.5 Å². The molecule has 2 heterocycles. The number of aromatic nitrogens is 2. The molecule has 26 heavy (non-hydrogen) atoms. The smallest absolute Gasteiger partial charge is 0.188 e. The Bertz CT molecular complexity index is 918. The lowest BCUT2D eigenvalue weighted by molar-refractivity contribution is 0.107. The normalized spacial score (nSPS) is 15.7. The Balaban J connectivity index is 1.46. The van der Waals surface area contributed by atoms with Crippen LogP contribution >= 0.6 is 23.4 Å². The average Bonchev–Trinajstić information content (AvgIpc) is 2.66. The highest BCUT2D eigenvalue weighted by molar-refractivity contribution is 7.99. The molecule has 132 valence electrons. The molecule has 1 aromatic heterocycles. The van der Waals surface area contributed by atoms with Crippen molar-refractivity contribution < 1.29 is 9.47 Å². The van der Waals surface area contributed by atoms with Gasteiger partial charge in [-0.2, -0.15) is 0 Å². The van der Waals surface area contributed by atoms with Crippen molar-refractivity contribution in [2.24, 2.45) is 0 Å². The van der Waals surface area contributed by atoms with E-state index in [0.29, 0.717) is 11.6 Å². The minimum Gasteiger partial charge on any atom is -0.486 e. The second kappa shape index (κ2) is 7.56. The van der Waals surface area contributed by atoms with Crippen LogP contribution in [0.2, 0.25) is 5.02 Å². The molecular formula is C20H17ClN2O2S. The maximum Gasteiger partial charge on any atom is 0.188 e. The Labute approximate surface area is 161 Å². The van der Waals surface area contributed by atoms with E-state index in [1.165, 1.54) is 0 Å². The molecule has 1 aliphatic rings. The van der Waals surface area contributed by atoms with E-state index in [1.54, 1.807) is 11.8 Å². The van der Waals surface area contributed by atoms with Gasteiger partial charge in [-0.1, -0.05) is 47.6 Å². The second-order valence-corrected chi connectivity index (χ2v) is 7.42. The van der Waals surface area contributed by atoms with Crippen LogP contribution in [0.25, 0.3) is 11.3 Å². The topological polar surface area (TPSA) is 44.2 Å². The maximum absolute atomic E-state index is 6.00. The zero-order valence-corrected chi connectivity index (χ0v) is 15.8. The summed E-state index contributed by atoms with van der Waals surface area (Å²) in [5.74, 6) is 2.31. The van der Waals surface area contributed by atoms with E-state index in [2.05, 4.69) is 9.97 Å². The van der Waals surface area contributed by atoms with E-state index in [1.807, 2.05) is 61.5 Å². The number of para-hydroxylation sites is 2. The van der Waals surface area contributed by atoms with Gasteiger partial charge in [0.05, 0.1) is 5.69 Å². The predicted octanol–water partition coefficient (Wildman–Crippen LogP) is 5.04. The molecule has 3 aromatic rings. The molecule has 0 amide bonds. The lowest BCUT2D eigenvalue weighted by Crippen LogP contribution is -2.31. The van der Waals surface area contributed by atoms with Crippen LogP contribution in [-0.2, 0) is 0 Å². The standard InChI is InChI=1S/C20H17ClN2O2S/c1-13-10-17(14-6-8-15(21)9-7-14)23-20(22-13)26-12-16-11-24-18-4-2-3-5-19(18)25-16/h2-10,16H,11-12H2,1H3/t16-/m1/s1. The van der Waals surface area contributed by atoms with Crippen LogP contribution < -0.4 is 9.47 Å². The van der Waals surface area contributed by atoms with Gasteiger partial charge in [0.15, 0.2) is 16.7 Å². The van der Waals surface area contributed by atoms with Gasteiger partial charge in [-0.25, -0.2) is 9.97 Å². The number of halogens is 1. The summed E-state index contributed by atoms with van der Waals surface area (Å²) in [6.45, 7) is 2.50. The summed E-state index contributed by atoms with van der Waals surface area (Å²) in [6.07, 6.45) is -0.0296. The average molecular weight is 385 g/mol. The van der Waals surface area contributed by atoms with Crippen molar-refractivity contribution in [1.82, 2.24) is 9.97 Å². The fourth-order valence-electron chi connectivity index (χ4n) is 2.69. The van der Waals surface area contributed by atoms with Crippen molar-refractivity contribution in [3.05, 3.63) is 65.3 Å². The Hall–Kier alpha value is -2.24. The molecule has 2 aromatic carbocycles. The molecule has 0 bridgehead atoms. The highest BCUT2D eigenvalue weighted by atomic mass is 35.5. The summed E-state index contributed by atoms with van der Waals surface area (Å²) in [7, 11) is 0. The highest BCUT2D eigenvalue weighted by Gasteiger charge is 2.21. The van der Waals surface area contributed by atoms with E-state index in [-0.39, 0.29) is 6.10 Å². The van der Waals surface area contributed by atoms with Crippen LogP contribution in [0, 0.1) is 6.92 Å². The molecule has 1 atom stereocenters. The van der Waals surface area contributed by atoms with Crippen LogP contribution in [0.1, 0.15) is 5.69 Å². The first-order chi connectivity index (χ1) is 12.7. The lowest BCUT2D eigenvalue weighted by atomic mass is 10.1. The molecule has 0 fully saturated rings. The minimum absolute atomic E-state index is 0.0296. The van der Waals surface area contributed by atoms with Crippen LogP contribution in [0.3, 0.4) is 0 Å². The van der Waals surface area contributed by atoms with Gasteiger partial charge in [0.1, 0.15) is 12.7 Å². The summed E-state index contributed by atoms with van der Waals surface area (Å²) in [5.41, 5.74) is 2.84. The molecule has 0 N–H and O–H groups in total. The predicted molar refractivity (Wildman–Crippen MR) is 104 cm³/mol. The zero-order chi connectivity index (χ0) is 17.9. The molecule has 4 rings (SSSR count). The SMILES string of the molecule is Cc1cc(-c2ccc(Cl)cc2)nc(SC[C@H]2COc3ccccc3O2)n1. The van der Waals surface area contributed by atoms with Crippen LogP contribution in [-0.4, -0.2) is 28.4 Å². The molecule has 0 unspecified atom stereocenters. The Morgan fingerprint density at radius 1 is 1.08 bits per heavy atom. The molecule has 0 saturated heterocycles. The molecule has 1 aliphatic heterocycles. The third kappa shape index (κ3) is 3.94. The fourth-order valence-corrected chi connectivity index (χ4v) is 3.68. The van der Waals surface area contributed by atoms with Crippen molar-refractivity contribution >= 4 is 23.4 Å². The first-order valence-corrected chi connectivity index (χ1v) is 9.66. The van der Waals surface area contributed by atoms with Gasteiger partial charge in [0.25, 0.3) is 0 Å². The molecule has 0 radical (unpaired) electrons. The Morgan fingerprint density at radius 2 is 1.85 bits per heavy atom. The number of hydrogen-bond donors (Lipinski definition) is 0. The van der Waals surface area contributed by atoms with Gasteiger partial charge >= 0.3 is 0 Å². The number of fused-ring (bicyclic) bond motifs is 1. The number of rotatable bonds is 4. The molecule has 4 nitrogen and oxygen atoms in total. The number of aryl methyl sites for hydroxylation is 1. The van der Waals surface area contributed by atoms with Gasteiger partial charge < -0.3 is 9.47 Å². The zero-order valence-electron chi connectivity index (χ0n) is 14.2. The van der Waals surface area contributed by atoms with E-state index in [0.717, 1.165) is 39.4 Å². The van der Waals surface area contributed by atoms with E-state index >= 15 is 0 Å². The molecule has 0 saturated carbocycles. The second-order valence-electron chi connectivity index (χ2n) is 5.99. The number of hydrogen-bond acceptors (Lipinski definition) is 5. The van der Waals surface area contributed by atoms with Crippen molar-refractivity contribution in [3.63, 3.8) is 0 Å².